The second-order valence-electron chi connectivity index (χ2n) is 5.04. The highest BCUT2D eigenvalue weighted by atomic mass is 35.5. The van der Waals surface area contributed by atoms with Crippen LogP contribution in [0.4, 0.5) is 15.6 Å². The number of hydrogen-bond acceptors (Lipinski definition) is 6. The lowest BCUT2D eigenvalue weighted by Crippen LogP contribution is -2.37. The molecule has 0 atom stereocenters. The summed E-state index contributed by atoms with van der Waals surface area (Å²) in [7, 11) is 3.83. The molecule has 1 aromatic carbocycles. The molecule has 0 saturated heterocycles. The van der Waals surface area contributed by atoms with Crippen LogP contribution in [-0.2, 0) is 4.79 Å². The SMILES string of the molecule is CN(C)c1ccc(/C=N/NC(=O)CNC(=O)Nc2nccs2)c(Cl)c1. The number of thiazole rings is 1. The van der Waals surface area contributed by atoms with Crippen molar-refractivity contribution >= 4 is 51.9 Å². The van der Waals surface area contributed by atoms with Crippen LogP contribution in [0.3, 0.4) is 0 Å². The van der Waals surface area contributed by atoms with Crippen molar-refractivity contribution in [1.29, 1.82) is 0 Å². The average molecular weight is 381 g/mol. The van der Waals surface area contributed by atoms with E-state index in [1.165, 1.54) is 17.6 Å². The molecule has 0 radical (unpaired) electrons. The third-order valence-corrected chi connectivity index (χ3v) is 3.97. The van der Waals surface area contributed by atoms with Gasteiger partial charge in [0.1, 0.15) is 6.54 Å². The van der Waals surface area contributed by atoms with Crippen molar-refractivity contribution in [2.24, 2.45) is 5.10 Å². The van der Waals surface area contributed by atoms with Crippen molar-refractivity contribution in [1.82, 2.24) is 15.7 Å². The molecular formula is C15H17ClN6O2S. The minimum absolute atomic E-state index is 0.220. The largest absolute Gasteiger partial charge is 0.378 e. The number of benzene rings is 1. The lowest BCUT2D eigenvalue weighted by molar-refractivity contribution is -0.120. The molecule has 25 heavy (non-hydrogen) atoms. The summed E-state index contributed by atoms with van der Waals surface area (Å²) < 4.78 is 0. The molecule has 0 aliphatic heterocycles. The summed E-state index contributed by atoms with van der Waals surface area (Å²) in [5.74, 6) is -0.466. The first-order chi connectivity index (χ1) is 12.0. The highest BCUT2D eigenvalue weighted by molar-refractivity contribution is 7.13. The number of hydrogen-bond donors (Lipinski definition) is 3. The molecule has 3 amide bonds. The van der Waals surface area contributed by atoms with Gasteiger partial charge in [-0.25, -0.2) is 15.2 Å². The number of rotatable bonds is 6. The molecule has 2 aromatic rings. The Balaban J connectivity index is 1.77. The maximum absolute atomic E-state index is 11.6. The van der Waals surface area contributed by atoms with E-state index in [0.717, 1.165) is 5.69 Å². The van der Waals surface area contributed by atoms with Crippen molar-refractivity contribution in [3.63, 3.8) is 0 Å². The first kappa shape index (κ1) is 18.7. The standard InChI is InChI=1S/C15H17ClN6O2S/c1-22(2)11-4-3-10(12(16)7-11)8-19-21-13(23)9-18-14(24)20-15-17-5-6-25-15/h3-8H,9H2,1-2H3,(H,21,23)(H2,17,18,20,24)/b19-8+. The predicted octanol–water partition coefficient (Wildman–Crippen LogP) is 2.13. The Hall–Kier alpha value is -2.65. The van der Waals surface area contributed by atoms with Gasteiger partial charge in [-0.2, -0.15) is 5.10 Å². The summed E-state index contributed by atoms with van der Waals surface area (Å²) in [4.78, 5) is 29.0. The molecule has 3 N–H and O–H groups in total. The first-order valence-electron chi connectivity index (χ1n) is 7.19. The van der Waals surface area contributed by atoms with E-state index in [-0.39, 0.29) is 6.54 Å². The molecular weight excluding hydrogens is 364 g/mol. The molecule has 1 heterocycles. The van der Waals surface area contributed by atoms with Crippen LogP contribution in [-0.4, -0.2) is 43.8 Å². The van der Waals surface area contributed by atoms with Crippen molar-refractivity contribution in [2.45, 2.75) is 0 Å². The van der Waals surface area contributed by atoms with E-state index in [1.54, 1.807) is 23.7 Å². The van der Waals surface area contributed by atoms with Crippen LogP contribution in [0.1, 0.15) is 5.56 Å². The Bertz CT molecular complexity index is 763. The Labute approximate surface area is 153 Å². The van der Waals surface area contributed by atoms with E-state index in [0.29, 0.717) is 15.7 Å². The van der Waals surface area contributed by atoms with Gasteiger partial charge in [0.15, 0.2) is 5.13 Å². The molecule has 0 bridgehead atoms. The predicted molar refractivity (Wildman–Crippen MR) is 101 cm³/mol. The van der Waals surface area contributed by atoms with Crippen LogP contribution in [0.2, 0.25) is 5.02 Å². The number of hydrazone groups is 1. The van der Waals surface area contributed by atoms with E-state index < -0.39 is 11.9 Å². The number of amides is 3. The molecule has 0 aliphatic carbocycles. The van der Waals surface area contributed by atoms with Crippen LogP contribution in [0, 0.1) is 0 Å². The zero-order chi connectivity index (χ0) is 18.2. The van der Waals surface area contributed by atoms with Gasteiger partial charge in [0.05, 0.1) is 11.2 Å². The fourth-order valence-corrected chi connectivity index (χ4v) is 2.45. The minimum Gasteiger partial charge on any atom is -0.378 e. The van der Waals surface area contributed by atoms with E-state index in [4.69, 9.17) is 11.6 Å². The van der Waals surface area contributed by atoms with Gasteiger partial charge in [0.2, 0.25) is 0 Å². The van der Waals surface area contributed by atoms with Gasteiger partial charge >= 0.3 is 6.03 Å². The van der Waals surface area contributed by atoms with Crippen molar-refractivity contribution in [3.05, 3.63) is 40.4 Å². The second-order valence-corrected chi connectivity index (χ2v) is 6.34. The Kier molecular flexibility index (Phi) is 6.72. The van der Waals surface area contributed by atoms with Crippen molar-refractivity contribution in [2.75, 3.05) is 30.9 Å². The van der Waals surface area contributed by atoms with Gasteiger partial charge in [-0.3, -0.25) is 10.1 Å². The zero-order valence-electron chi connectivity index (χ0n) is 13.6. The smallest absolute Gasteiger partial charge is 0.321 e. The molecule has 0 unspecified atom stereocenters. The first-order valence-corrected chi connectivity index (χ1v) is 8.44. The summed E-state index contributed by atoms with van der Waals surface area (Å²) in [6.07, 6.45) is 3.01. The van der Waals surface area contributed by atoms with Crippen LogP contribution in [0.5, 0.6) is 0 Å². The maximum Gasteiger partial charge on any atom is 0.321 e. The van der Waals surface area contributed by atoms with Gasteiger partial charge in [-0.1, -0.05) is 11.6 Å². The number of carbonyl (C=O) groups excluding carboxylic acids is 2. The van der Waals surface area contributed by atoms with Crippen molar-refractivity contribution < 1.29 is 9.59 Å². The van der Waals surface area contributed by atoms with Crippen molar-refractivity contribution in [3.8, 4) is 0 Å². The fourth-order valence-electron chi connectivity index (χ4n) is 1.70. The summed E-state index contributed by atoms with van der Waals surface area (Å²) in [6.45, 7) is -0.220. The summed E-state index contributed by atoms with van der Waals surface area (Å²) in [5.41, 5.74) is 3.94. The Morgan fingerprint density at radius 1 is 1.40 bits per heavy atom. The molecule has 0 aliphatic rings. The number of carbonyl (C=O) groups is 2. The van der Waals surface area contributed by atoms with Gasteiger partial charge < -0.3 is 10.2 Å². The normalized spacial score (nSPS) is 10.5. The fraction of sp³-hybridized carbons (Fsp3) is 0.200. The molecule has 1 aromatic heterocycles. The summed E-state index contributed by atoms with van der Waals surface area (Å²) >= 11 is 7.44. The quantitative estimate of drug-likeness (QED) is 0.528. The van der Waals surface area contributed by atoms with Crippen LogP contribution in [0.25, 0.3) is 0 Å². The van der Waals surface area contributed by atoms with E-state index >= 15 is 0 Å². The lowest BCUT2D eigenvalue weighted by Gasteiger charge is -2.13. The monoisotopic (exact) mass is 380 g/mol. The molecule has 132 valence electrons. The third kappa shape index (κ3) is 6.05. The van der Waals surface area contributed by atoms with Gasteiger partial charge in [0, 0.05) is 36.9 Å². The average Bonchev–Trinajstić information content (AvgIpc) is 3.07. The number of aromatic nitrogens is 1. The van der Waals surface area contributed by atoms with Gasteiger partial charge in [-0.15, -0.1) is 11.3 Å². The number of anilines is 2. The summed E-state index contributed by atoms with van der Waals surface area (Å²) in [5, 5.41) is 11.4. The zero-order valence-corrected chi connectivity index (χ0v) is 15.2. The van der Waals surface area contributed by atoms with Crippen LogP contribution < -0.4 is 21.0 Å². The maximum atomic E-state index is 11.6. The molecule has 2 rings (SSSR count). The molecule has 0 spiro atoms. The van der Waals surface area contributed by atoms with E-state index in [9.17, 15) is 9.59 Å². The van der Waals surface area contributed by atoms with E-state index in [2.05, 4.69) is 26.1 Å². The molecule has 8 nitrogen and oxygen atoms in total. The van der Waals surface area contributed by atoms with Gasteiger partial charge in [0.25, 0.3) is 5.91 Å². The molecule has 10 heteroatoms. The van der Waals surface area contributed by atoms with Gasteiger partial charge in [-0.05, 0) is 18.2 Å². The Morgan fingerprint density at radius 3 is 2.84 bits per heavy atom. The topological polar surface area (TPSA) is 98.7 Å². The highest BCUT2D eigenvalue weighted by Gasteiger charge is 2.06. The number of urea groups is 1. The summed E-state index contributed by atoms with van der Waals surface area (Å²) in [6, 6.07) is 4.97. The third-order valence-electron chi connectivity index (χ3n) is 2.96. The molecule has 0 saturated carbocycles. The Morgan fingerprint density at radius 2 is 2.20 bits per heavy atom. The van der Waals surface area contributed by atoms with Crippen LogP contribution in [0.15, 0.2) is 34.9 Å². The number of nitrogens with one attached hydrogen (secondary N) is 3. The lowest BCUT2D eigenvalue weighted by atomic mass is 10.2. The number of nitrogens with zero attached hydrogens (tertiary/aromatic N) is 3. The number of halogens is 1. The second kappa shape index (κ2) is 9.00. The minimum atomic E-state index is -0.517. The highest BCUT2D eigenvalue weighted by Crippen LogP contribution is 2.21. The molecule has 0 fully saturated rings. The van der Waals surface area contributed by atoms with Crippen LogP contribution >= 0.6 is 22.9 Å². The van der Waals surface area contributed by atoms with E-state index in [1.807, 2.05) is 25.1 Å².